The Morgan fingerprint density at radius 2 is 1.93 bits per heavy atom. The highest BCUT2D eigenvalue weighted by Crippen LogP contribution is 2.35. The van der Waals surface area contributed by atoms with Gasteiger partial charge in [-0.2, -0.15) is 0 Å². The summed E-state index contributed by atoms with van der Waals surface area (Å²) in [7, 11) is 1.33. The van der Waals surface area contributed by atoms with Gasteiger partial charge in [0, 0.05) is 19.2 Å². The summed E-state index contributed by atoms with van der Waals surface area (Å²) in [5.74, 6) is -1.13. The third-order valence-corrected chi connectivity index (χ3v) is 3.52. The Morgan fingerprint density at radius 3 is 2.41 bits per heavy atom. The summed E-state index contributed by atoms with van der Waals surface area (Å²) in [5.41, 5.74) is -0.0364. The monoisotopic (exact) mass is 380 g/mol. The lowest BCUT2D eigenvalue weighted by Gasteiger charge is -2.20. The van der Waals surface area contributed by atoms with Crippen LogP contribution >= 0.6 is 0 Å². The second kappa shape index (κ2) is 10.1. The average molecular weight is 380 g/mol. The third kappa shape index (κ3) is 5.98. The lowest BCUT2D eigenvalue weighted by atomic mass is 10.1. The predicted octanol–water partition coefficient (Wildman–Crippen LogP) is 2.58. The first-order valence-electron chi connectivity index (χ1n) is 8.33. The molecule has 0 heterocycles. The van der Waals surface area contributed by atoms with Crippen LogP contribution in [-0.2, 0) is 9.53 Å². The summed E-state index contributed by atoms with van der Waals surface area (Å²) in [4.78, 5) is 36.5. The van der Waals surface area contributed by atoms with E-state index >= 15 is 0 Å². The van der Waals surface area contributed by atoms with E-state index in [1.54, 1.807) is 20.8 Å². The van der Waals surface area contributed by atoms with Crippen LogP contribution in [0.2, 0.25) is 0 Å². The molecule has 0 atom stereocenters. The van der Waals surface area contributed by atoms with Crippen molar-refractivity contribution < 1.29 is 28.7 Å². The Hall–Kier alpha value is -3.10. The zero-order chi connectivity index (χ0) is 20.6. The molecular formula is C18H24N2O7. The first-order chi connectivity index (χ1) is 12.7. The molecule has 0 N–H and O–H groups in total. The summed E-state index contributed by atoms with van der Waals surface area (Å²) >= 11 is 0. The second-order valence-corrected chi connectivity index (χ2v) is 5.65. The van der Waals surface area contributed by atoms with Crippen molar-refractivity contribution in [2.24, 2.45) is 0 Å². The van der Waals surface area contributed by atoms with Crippen LogP contribution in [-0.4, -0.2) is 55.1 Å². The zero-order valence-electron chi connectivity index (χ0n) is 15.9. The highest BCUT2D eigenvalue weighted by Gasteiger charge is 2.26. The van der Waals surface area contributed by atoms with E-state index in [0.717, 1.165) is 11.6 Å². The van der Waals surface area contributed by atoms with Gasteiger partial charge in [0.1, 0.15) is 5.56 Å². The quantitative estimate of drug-likeness (QED) is 0.266. The number of hydrogen-bond donors (Lipinski definition) is 0. The number of rotatable bonds is 10. The molecule has 0 saturated carbocycles. The van der Waals surface area contributed by atoms with Crippen molar-refractivity contribution >= 4 is 17.6 Å². The van der Waals surface area contributed by atoms with Crippen molar-refractivity contribution in [3.05, 3.63) is 40.0 Å². The maximum Gasteiger partial charge on any atom is 0.345 e. The SMILES string of the molecule is C=C(C)CN(CC)C(=O)COC(=O)c1cc(OCC)c(OC)cc1[N+](=O)[O-]. The van der Waals surface area contributed by atoms with Crippen molar-refractivity contribution in [3.8, 4) is 11.5 Å². The Kier molecular flexibility index (Phi) is 8.25. The molecule has 9 nitrogen and oxygen atoms in total. The molecule has 148 valence electrons. The molecule has 1 aromatic carbocycles. The van der Waals surface area contributed by atoms with Crippen LogP contribution in [0.3, 0.4) is 0 Å². The van der Waals surface area contributed by atoms with Gasteiger partial charge < -0.3 is 19.1 Å². The molecule has 0 aliphatic carbocycles. The fraction of sp³-hybridized carbons (Fsp3) is 0.444. The van der Waals surface area contributed by atoms with Gasteiger partial charge in [-0.3, -0.25) is 14.9 Å². The van der Waals surface area contributed by atoms with Gasteiger partial charge in [0.25, 0.3) is 11.6 Å². The van der Waals surface area contributed by atoms with Crippen LogP contribution in [0.25, 0.3) is 0 Å². The summed E-state index contributed by atoms with van der Waals surface area (Å²) in [6.45, 7) is 9.51. The number of nitro benzene ring substituents is 1. The lowest BCUT2D eigenvalue weighted by Crippen LogP contribution is -2.35. The van der Waals surface area contributed by atoms with Gasteiger partial charge in [-0.15, -0.1) is 0 Å². The van der Waals surface area contributed by atoms with Crippen molar-refractivity contribution in [2.75, 3.05) is 33.4 Å². The molecule has 0 fully saturated rings. The van der Waals surface area contributed by atoms with Crippen molar-refractivity contribution in [3.63, 3.8) is 0 Å². The molecule has 0 aliphatic rings. The largest absolute Gasteiger partial charge is 0.493 e. The van der Waals surface area contributed by atoms with Crippen LogP contribution in [0.4, 0.5) is 5.69 Å². The molecule has 0 aliphatic heterocycles. The molecule has 0 spiro atoms. The highest BCUT2D eigenvalue weighted by molar-refractivity contribution is 5.96. The van der Waals surface area contributed by atoms with Gasteiger partial charge in [0.15, 0.2) is 18.1 Å². The van der Waals surface area contributed by atoms with Gasteiger partial charge >= 0.3 is 5.97 Å². The molecule has 1 amide bonds. The van der Waals surface area contributed by atoms with Crippen LogP contribution < -0.4 is 9.47 Å². The topological polar surface area (TPSA) is 108 Å². The molecule has 1 aromatic rings. The second-order valence-electron chi connectivity index (χ2n) is 5.65. The molecule has 1 rings (SSSR count). The van der Waals surface area contributed by atoms with Crippen LogP contribution in [0.5, 0.6) is 11.5 Å². The van der Waals surface area contributed by atoms with Gasteiger partial charge in [-0.1, -0.05) is 12.2 Å². The average Bonchev–Trinajstić information content (AvgIpc) is 2.63. The number of benzene rings is 1. The van der Waals surface area contributed by atoms with E-state index in [4.69, 9.17) is 14.2 Å². The number of nitrogens with zero attached hydrogens (tertiary/aromatic N) is 2. The Labute approximate surface area is 157 Å². The molecule has 0 unspecified atom stereocenters. The molecule has 0 bridgehead atoms. The normalized spacial score (nSPS) is 10.1. The van der Waals surface area contributed by atoms with E-state index in [1.807, 2.05) is 0 Å². The minimum Gasteiger partial charge on any atom is -0.493 e. The molecule has 0 radical (unpaired) electrons. The fourth-order valence-electron chi connectivity index (χ4n) is 2.29. The van der Waals surface area contributed by atoms with Crippen LogP contribution in [0.15, 0.2) is 24.3 Å². The zero-order valence-corrected chi connectivity index (χ0v) is 15.9. The summed E-state index contributed by atoms with van der Waals surface area (Å²) in [6.07, 6.45) is 0. The van der Waals surface area contributed by atoms with Gasteiger partial charge in [-0.25, -0.2) is 4.79 Å². The number of carbonyl (C=O) groups is 2. The summed E-state index contributed by atoms with van der Waals surface area (Å²) in [6, 6.07) is 2.27. The van der Waals surface area contributed by atoms with Crippen molar-refractivity contribution in [2.45, 2.75) is 20.8 Å². The third-order valence-electron chi connectivity index (χ3n) is 3.52. The summed E-state index contributed by atoms with van der Waals surface area (Å²) < 4.78 is 15.4. The van der Waals surface area contributed by atoms with Gasteiger partial charge in [-0.05, 0) is 20.8 Å². The van der Waals surface area contributed by atoms with Crippen molar-refractivity contribution in [1.82, 2.24) is 4.90 Å². The van der Waals surface area contributed by atoms with E-state index in [0.29, 0.717) is 13.1 Å². The Morgan fingerprint density at radius 1 is 1.26 bits per heavy atom. The number of carbonyl (C=O) groups excluding carboxylic acids is 2. The maximum absolute atomic E-state index is 12.4. The number of nitro groups is 1. The first-order valence-corrected chi connectivity index (χ1v) is 8.33. The van der Waals surface area contributed by atoms with Gasteiger partial charge in [0.2, 0.25) is 0 Å². The predicted molar refractivity (Wildman–Crippen MR) is 98.2 cm³/mol. The van der Waals surface area contributed by atoms with Gasteiger partial charge in [0.05, 0.1) is 24.7 Å². The first kappa shape index (κ1) is 21.9. The van der Waals surface area contributed by atoms with E-state index in [-0.39, 0.29) is 23.7 Å². The minimum absolute atomic E-state index is 0.120. The van der Waals surface area contributed by atoms with E-state index in [2.05, 4.69) is 6.58 Å². The van der Waals surface area contributed by atoms with Crippen LogP contribution in [0.1, 0.15) is 31.1 Å². The number of amides is 1. The smallest absolute Gasteiger partial charge is 0.345 e. The fourth-order valence-corrected chi connectivity index (χ4v) is 2.29. The lowest BCUT2D eigenvalue weighted by molar-refractivity contribution is -0.385. The molecule has 27 heavy (non-hydrogen) atoms. The number of hydrogen-bond acceptors (Lipinski definition) is 7. The Bertz CT molecular complexity index is 731. The van der Waals surface area contributed by atoms with Crippen molar-refractivity contribution in [1.29, 1.82) is 0 Å². The number of esters is 1. The number of ether oxygens (including phenoxy) is 3. The molecule has 9 heteroatoms. The number of methoxy groups -OCH3 is 1. The molecule has 0 saturated heterocycles. The minimum atomic E-state index is -0.995. The van der Waals surface area contributed by atoms with E-state index in [9.17, 15) is 19.7 Å². The maximum atomic E-state index is 12.4. The van der Waals surface area contributed by atoms with Crippen LogP contribution in [0, 0.1) is 10.1 Å². The Balaban J connectivity index is 3.04. The van der Waals surface area contributed by atoms with E-state index in [1.165, 1.54) is 18.1 Å². The standard InChI is InChI=1S/C18H24N2O7/c1-6-19(10-12(3)4)17(21)11-27-18(22)13-8-16(26-7-2)15(25-5)9-14(13)20(23)24/h8-9H,3,6-7,10-11H2,1-2,4-5H3. The highest BCUT2D eigenvalue weighted by atomic mass is 16.6. The van der Waals surface area contributed by atoms with E-state index < -0.39 is 29.1 Å². The molecule has 0 aromatic heterocycles. The number of likely N-dealkylation sites (N-methyl/N-ethyl adjacent to an activating group) is 1. The summed E-state index contributed by atoms with van der Waals surface area (Å²) in [5, 5.41) is 11.3. The molecular weight excluding hydrogens is 356 g/mol.